The lowest BCUT2D eigenvalue weighted by molar-refractivity contribution is -0.117. The van der Waals surface area contributed by atoms with E-state index >= 15 is 0 Å². The molecule has 2 rings (SSSR count). The Balaban J connectivity index is 2.30. The molecule has 1 atom stereocenters. The van der Waals surface area contributed by atoms with E-state index in [-0.39, 0.29) is 13.0 Å². The molecule has 0 saturated carbocycles. The van der Waals surface area contributed by atoms with Crippen molar-refractivity contribution in [3.8, 4) is 0 Å². The largest absolute Gasteiger partial charge is 0.462 e. The zero-order valence-corrected chi connectivity index (χ0v) is 17.8. The third kappa shape index (κ3) is 5.57. The summed E-state index contributed by atoms with van der Waals surface area (Å²) < 4.78 is 31.0. The summed E-state index contributed by atoms with van der Waals surface area (Å²) in [5, 5.41) is 2.78. The lowest BCUT2D eigenvalue weighted by Crippen LogP contribution is -2.47. The summed E-state index contributed by atoms with van der Waals surface area (Å²) in [6.07, 6.45) is 1.36. The standard InChI is InChI=1S/C21H26N2O5S/c1-5-19(23(29(4,26)27)17-10-8-7-9-11-17)20(24)22-18-13-12-16(14-15(18)3)21(25)28-6-2/h7-14,19H,5-6H2,1-4H3,(H,22,24)/t19-/m0/s1. The molecule has 0 aliphatic carbocycles. The molecule has 2 aromatic carbocycles. The molecule has 1 amide bonds. The van der Waals surface area contributed by atoms with E-state index in [2.05, 4.69) is 5.32 Å². The average Bonchev–Trinajstić information content (AvgIpc) is 2.67. The second-order valence-corrected chi connectivity index (χ2v) is 8.42. The van der Waals surface area contributed by atoms with E-state index in [1.807, 2.05) is 0 Å². The van der Waals surface area contributed by atoms with Crippen LogP contribution in [0.5, 0.6) is 0 Å². The Morgan fingerprint density at radius 2 is 1.76 bits per heavy atom. The van der Waals surface area contributed by atoms with Crippen molar-refractivity contribution in [1.82, 2.24) is 0 Å². The SMILES string of the molecule is CCOC(=O)c1ccc(NC(=O)[C@H](CC)N(c2ccccc2)S(C)(=O)=O)c(C)c1. The first kappa shape index (κ1) is 22.4. The van der Waals surface area contributed by atoms with Gasteiger partial charge in [0, 0.05) is 5.69 Å². The van der Waals surface area contributed by atoms with Crippen LogP contribution in [0.4, 0.5) is 11.4 Å². The van der Waals surface area contributed by atoms with Gasteiger partial charge < -0.3 is 10.1 Å². The van der Waals surface area contributed by atoms with Crippen LogP contribution in [-0.4, -0.2) is 39.2 Å². The highest BCUT2D eigenvalue weighted by atomic mass is 32.2. The molecular formula is C21H26N2O5S. The summed E-state index contributed by atoms with van der Waals surface area (Å²) in [6, 6.07) is 12.4. The number of esters is 1. The van der Waals surface area contributed by atoms with Crippen molar-refractivity contribution in [3.63, 3.8) is 0 Å². The van der Waals surface area contributed by atoms with Gasteiger partial charge in [-0.3, -0.25) is 9.10 Å². The zero-order valence-electron chi connectivity index (χ0n) is 17.0. The minimum atomic E-state index is -3.69. The third-order valence-corrected chi connectivity index (χ3v) is 5.52. The molecule has 0 spiro atoms. The van der Waals surface area contributed by atoms with Crippen molar-refractivity contribution in [2.75, 3.05) is 22.5 Å². The fourth-order valence-electron chi connectivity index (χ4n) is 3.00. The van der Waals surface area contributed by atoms with E-state index < -0.39 is 27.9 Å². The topological polar surface area (TPSA) is 92.8 Å². The Morgan fingerprint density at radius 3 is 2.28 bits per heavy atom. The first-order valence-corrected chi connectivity index (χ1v) is 11.2. The normalized spacial score (nSPS) is 12.1. The predicted molar refractivity (Wildman–Crippen MR) is 114 cm³/mol. The molecule has 2 aromatic rings. The van der Waals surface area contributed by atoms with Crippen molar-refractivity contribution in [2.45, 2.75) is 33.2 Å². The molecule has 0 fully saturated rings. The van der Waals surface area contributed by atoms with Gasteiger partial charge in [-0.15, -0.1) is 0 Å². The van der Waals surface area contributed by atoms with Gasteiger partial charge in [-0.1, -0.05) is 25.1 Å². The molecule has 0 bridgehead atoms. The number of hydrogen-bond acceptors (Lipinski definition) is 5. The summed E-state index contributed by atoms with van der Waals surface area (Å²) in [4.78, 5) is 24.8. The van der Waals surface area contributed by atoms with E-state index in [9.17, 15) is 18.0 Å². The molecule has 0 unspecified atom stereocenters. The second kappa shape index (κ2) is 9.56. The number of anilines is 2. The highest BCUT2D eigenvalue weighted by Crippen LogP contribution is 2.24. The van der Waals surface area contributed by atoms with Crippen molar-refractivity contribution in [2.24, 2.45) is 0 Å². The fourth-order valence-corrected chi connectivity index (χ4v) is 4.21. The van der Waals surface area contributed by atoms with E-state index in [4.69, 9.17) is 4.74 Å². The number of para-hydroxylation sites is 1. The molecule has 156 valence electrons. The Kier molecular flexibility index (Phi) is 7.39. The van der Waals surface area contributed by atoms with Crippen molar-refractivity contribution in [3.05, 3.63) is 59.7 Å². The number of rotatable bonds is 8. The van der Waals surface area contributed by atoms with Gasteiger partial charge in [-0.2, -0.15) is 0 Å². The Morgan fingerprint density at radius 1 is 1.10 bits per heavy atom. The molecule has 0 aromatic heterocycles. The molecular weight excluding hydrogens is 392 g/mol. The number of nitrogens with one attached hydrogen (secondary N) is 1. The summed E-state index contributed by atoms with van der Waals surface area (Å²) >= 11 is 0. The number of carbonyl (C=O) groups is 2. The number of hydrogen-bond donors (Lipinski definition) is 1. The van der Waals surface area contributed by atoms with Crippen LogP contribution < -0.4 is 9.62 Å². The van der Waals surface area contributed by atoms with Crippen LogP contribution >= 0.6 is 0 Å². The van der Waals surface area contributed by atoms with Gasteiger partial charge in [-0.25, -0.2) is 13.2 Å². The smallest absolute Gasteiger partial charge is 0.338 e. The number of carbonyl (C=O) groups excluding carboxylic acids is 2. The van der Waals surface area contributed by atoms with Crippen molar-refractivity contribution >= 4 is 33.3 Å². The Bertz CT molecular complexity index is 974. The van der Waals surface area contributed by atoms with Crippen LogP contribution in [0.2, 0.25) is 0 Å². The van der Waals surface area contributed by atoms with Crippen molar-refractivity contribution in [1.29, 1.82) is 0 Å². The molecule has 8 heteroatoms. The molecule has 7 nitrogen and oxygen atoms in total. The summed E-state index contributed by atoms with van der Waals surface area (Å²) in [5.41, 5.74) is 1.98. The maximum absolute atomic E-state index is 13.0. The lowest BCUT2D eigenvalue weighted by atomic mass is 10.1. The molecule has 0 aliphatic heterocycles. The van der Waals surface area contributed by atoms with Gasteiger partial charge in [0.15, 0.2) is 0 Å². The average molecular weight is 419 g/mol. The number of benzene rings is 2. The van der Waals surface area contributed by atoms with E-state index in [0.717, 1.165) is 10.6 Å². The fraction of sp³-hybridized carbons (Fsp3) is 0.333. The minimum Gasteiger partial charge on any atom is -0.462 e. The number of sulfonamides is 1. The van der Waals surface area contributed by atoms with Crippen LogP contribution in [0.3, 0.4) is 0 Å². The second-order valence-electron chi connectivity index (χ2n) is 6.56. The summed E-state index contributed by atoms with van der Waals surface area (Å²) in [5.74, 6) is -0.888. The summed E-state index contributed by atoms with van der Waals surface area (Å²) in [7, 11) is -3.69. The third-order valence-electron chi connectivity index (χ3n) is 4.34. The first-order valence-electron chi connectivity index (χ1n) is 9.32. The van der Waals surface area contributed by atoms with Gasteiger partial charge >= 0.3 is 5.97 Å². The molecule has 0 radical (unpaired) electrons. The number of ether oxygens (including phenoxy) is 1. The predicted octanol–water partition coefficient (Wildman–Crippen LogP) is 3.36. The quantitative estimate of drug-likeness (QED) is 0.664. The van der Waals surface area contributed by atoms with Crippen LogP contribution in [0.1, 0.15) is 36.2 Å². The maximum atomic E-state index is 13.0. The van der Waals surface area contributed by atoms with Gasteiger partial charge in [0.1, 0.15) is 6.04 Å². The van der Waals surface area contributed by atoms with Gasteiger partial charge in [0.05, 0.1) is 24.1 Å². The van der Waals surface area contributed by atoms with Crippen LogP contribution in [0.25, 0.3) is 0 Å². The first-order chi connectivity index (χ1) is 13.7. The van der Waals surface area contributed by atoms with Gasteiger partial charge in [0.25, 0.3) is 0 Å². The van der Waals surface area contributed by atoms with Crippen molar-refractivity contribution < 1.29 is 22.7 Å². The van der Waals surface area contributed by atoms with Crippen LogP contribution in [-0.2, 0) is 19.6 Å². The van der Waals surface area contributed by atoms with Gasteiger partial charge in [-0.05, 0) is 56.2 Å². The number of nitrogens with zero attached hydrogens (tertiary/aromatic N) is 1. The van der Waals surface area contributed by atoms with E-state index in [1.165, 1.54) is 0 Å². The molecule has 0 saturated heterocycles. The van der Waals surface area contributed by atoms with E-state index in [0.29, 0.717) is 22.5 Å². The number of aryl methyl sites for hydroxylation is 1. The number of amides is 1. The highest BCUT2D eigenvalue weighted by Gasteiger charge is 2.31. The van der Waals surface area contributed by atoms with Gasteiger partial charge in [0.2, 0.25) is 15.9 Å². The zero-order chi connectivity index (χ0) is 21.6. The Labute approximate surface area is 171 Å². The van der Waals surface area contributed by atoms with Crippen LogP contribution in [0, 0.1) is 6.92 Å². The lowest BCUT2D eigenvalue weighted by Gasteiger charge is -2.30. The molecule has 1 N–H and O–H groups in total. The summed E-state index contributed by atoms with van der Waals surface area (Å²) in [6.45, 7) is 5.51. The Hall–Kier alpha value is -2.87. The molecule has 29 heavy (non-hydrogen) atoms. The molecule has 0 heterocycles. The van der Waals surface area contributed by atoms with Crippen LogP contribution in [0.15, 0.2) is 48.5 Å². The minimum absolute atomic E-state index is 0.273. The highest BCUT2D eigenvalue weighted by molar-refractivity contribution is 7.92. The monoisotopic (exact) mass is 418 g/mol. The molecule has 0 aliphatic rings. The van der Waals surface area contributed by atoms with E-state index in [1.54, 1.807) is 69.3 Å². The maximum Gasteiger partial charge on any atom is 0.338 e.